The van der Waals surface area contributed by atoms with Crippen molar-refractivity contribution in [2.45, 2.75) is 45.6 Å². The number of rotatable bonds is 5. The molecule has 0 spiro atoms. The third-order valence-corrected chi connectivity index (χ3v) is 3.93. The Morgan fingerprint density at radius 1 is 1.27 bits per heavy atom. The topological polar surface area (TPSA) is 40.7 Å². The van der Waals surface area contributed by atoms with Crippen molar-refractivity contribution in [3.63, 3.8) is 0 Å². The lowest BCUT2D eigenvalue weighted by molar-refractivity contribution is 0.568. The number of aromatic nitrogens is 2. The van der Waals surface area contributed by atoms with E-state index in [-0.39, 0.29) is 5.41 Å². The fraction of sp³-hybridized carbons (Fsp3) is 0.421. The summed E-state index contributed by atoms with van der Waals surface area (Å²) < 4.78 is 0. The van der Waals surface area contributed by atoms with Crippen LogP contribution in [0.2, 0.25) is 0 Å². The molecular weight excluding hydrogens is 270 g/mol. The van der Waals surface area contributed by atoms with Gasteiger partial charge < -0.3 is 10.3 Å². The number of imidazole rings is 1. The van der Waals surface area contributed by atoms with Crippen molar-refractivity contribution in [2.75, 3.05) is 7.05 Å². The molecule has 118 valence electrons. The van der Waals surface area contributed by atoms with Gasteiger partial charge in [-0.25, -0.2) is 4.98 Å². The molecule has 1 atom stereocenters. The molecule has 0 saturated heterocycles. The van der Waals surface area contributed by atoms with Crippen molar-refractivity contribution in [3.05, 3.63) is 53.9 Å². The maximum atomic E-state index is 4.79. The molecule has 3 nitrogen and oxygen atoms in total. The minimum Gasteiger partial charge on any atom is -0.342 e. The van der Waals surface area contributed by atoms with E-state index in [0.29, 0.717) is 6.04 Å². The number of nitrogens with one attached hydrogen (secondary N) is 2. The average molecular weight is 297 g/mol. The molecule has 0 aliphatic carbocycles. The molecule has 2 aromatic rings. The normalized spacial score (nSPS) is 13.1. The van der Waals surface area contributed by atoms with Gasteiger partial charge >= 0.3 is 0 Å². The van der Waals surface area contributed by atoms with Gasteiger partial charge in [0.15, 0.2) is 0 Å². The van der Waals surface area contributed by atoms with Gasteiger partial charge in [0.2, 0.25) is 0 Å². The summed E-state index contributed by atoms with van der Waals surface area (Å²) in [4.78, 5) is 8.20. The van der Waals surface area contributed by atoms with Crippen molar-refractivity contribution in [1.82, 2.24) is 15.3 Å². The quantitative estimate of drug-likeness (QED) is 0.819. The first-order valence-corrected chi connectivity index (χ1v) is 7.81. The maximum Gasteiger partial charge on any atom is 0.137 e. The Morgan fingerprint density at radius 3 is 2.36 bits per heavy atom. The largest absolute Gasteiger partial charge is 0.342 e. The molecule has 2 rings (SSSR count). The molecular formula is C19H27N3. The standard InChI is InChI=1S/C19H27N3/c1-7-16(20-6)12-14-8-10-15(11-9-14)18-21-13(2)17(22-18)19(3,4)5/h7-11,16,20H,1,12H2,2-6H3,(H,21,22)/t16-/m1/s1. The second-order valence-corrected chi connectivity index (χ2v) is 6.84. The molecule has 0 fully saturated rings. The molecule has 0 unspecified atom stereocenters. The Bertz CT molecular complexity index is 630. The van der Waals surface area contributed by atoms with Gasteiger partial charge in [-0.15, -0.1) is 6.58 Å². The monoisotopic (exact) mass is 297 g/mol. The van der Waals surface area contributed by atoms with Crippen LogP contribution in [0.25, 0.3) is 11.4 Å². The van der Waals surface area contributed by atoms with Gasteiger partial charge in [0.1, 0.15) is 5.82 Å². The van der Waals surface area contributed by atoms with Crippen LogP contribution in [-0.2, 0) is 11.8 Å². The molecule has 22 heavy (non-hydrogen) atoms. The number of benzene rings is 1. The molecule has 1 aromatic carbocycles. The number of aromatic amines is 1. The number of hydrogen-bond donors (Lipinski definition) is 2. The zero-order valence-electron chi connectivity index (χ0n) is 14.3. The summed E-state index contributed by atoms with van der Waals surface area (Å²) in [6, 6.07) is 8.91. The van der Waals surface area contributed by atoms with Gasteiger partial charge in [0.25, 0.3) is 0 Å². The first-order valence-electron chi connectivity index (χ1n) is 7.81. The highest BCUT2D eigenvalue weighted by molar-refractivity contribution is 5.57. The molecule has 3 heteroatoms. The van der Waals surface area contributed by atoms with E-state index in [1.54, 1.807) is 0 Å². The third kappa shape index (κ3) is 3.66. The average Bonchev–Trinajstić information content (AvgIpc) is 2.87. The van der Waals surface area contributed by atoms with E-state index < -0.39 is 0 Å². The van der Waals surface area contributed by atoms with Crippen LogP contribution in [0, 0.1) is 6.92 Å². The number of aryl methyl sites for hydroxylation is 1. The van der Waals surface area contributed by atoms with Gasteiger partial charge in [0, 0.05) is 22.7 Å². The lowest BCUT2D eigenvalue weighted by Gasteiger charge is -2.15. The molecule has 0 aliphatic heterocycles. The van der Waals surface area contributed by atoms with Crippen molar-refractivity contribution in [2.24, 2.45) is 0 Å². The Balaban J connectivity index is 2.22. The summed E-state index contributed by atoms with van der Waals surface area (Å²) in [7, 11) is 1.96. The maximum absolute atomic E-state index is 4.79. The van der Waals surface area contributed by atoms with E-state index in [1.807, 2.05) is 13.1 Å². The lowest BCUT2D eigenvalue weighted by atomic mass is 9.91. The Morgan fingerprint density at radius 2 is 1.91 bits per heavy atom. The second kappa shape index (κ2) is 6.49. The fourth-order valence-corrected chi connectivity index (χ4v) is 2.68. The molecule has 0 aliphatic rings. The van der Waals surface area contributed by atoms with E-state index in [2.05, 4.69) is 68.8 Å². The van der Waals surface area contributed by atoms with Crippen LogP contribution in [-0.4, -0.2) is 23.1 Å². The highest BCUT2D eigenvalue weighted by atomic mass is 14.9. The molecule has 1 heterocycles. The molecule has 0 amide bonds. The van der Waals surface area contributed by atoms with Gasteiger partial charge in [-0.05, 0) is 26.0 Å². The van der Waals surface area contributed by atoms with Crippen LogP contribution >= 0.6 is 0 Å². The van der Waals surface area contributed by atoms with Crippen molar-refractivity contribution < 1.29 is 0 Å². The van der Waals surface area contributed by atoms with Crippen molar-refractivity contribution >= 4 is 0 Å². The van der Waals surface area contributed by atoms with Crippen molar-refractivity contribution in [3.8, 4) is 11.4 Å². The number of likely N-dealkylation sites (N-methyl/N-ethyl adjacent to an activating group) is 1. The Labute approximate surface area is 133 Å². The highest BCUT2D eigenvalue weighted by Gasteiger charge is 2.21. The van der Waals surface area contributed by atoms with Crippen LogP contribution in [0.5, 0.6) is 0 Å². The summed E-state index contributed by atoms with van der Waals surface area (Å²) in [6.07, 6.45) is 2.89. The molecule has 1 aromatic heterocycles. The van der Waals surface area contributed by atoms with Gasteiger partial charge in [-0.3, -0.25) is 0 Å². The molecule has 0 radical (unpaired) electrons. The summed E-state index contributed by atoms with van der Waals surface area (Å²) in [6.45, 7) is 12.5. The molecule has 0 bridgehead atoms. The van der Waals surface area contributed by atoms with Crippen LogP contribution in [0.4, 0.5) is 0 Å². The van der Waals surface area contributed by atoms with Crippen LogP contribution in [0.3, 0.4) is 0 Å². The zero-order valence-corrected chi connectivity index (χ0v) is 14.3. The van der Waals surface area contributed by atoms with Gasteiger partial charge in [0.05, 0.1) is 5.69 Å². The molecule has 0 saturated carbocycles. The fourth-order valence-electron chi connectivity index (χ4n) is 2.68. The molecule has 2 N–H and O–H groups in total. The first-order chi connectivity index (χ1) is 10.3. The van der Waals surface area contributed by atoms with E-state index >= 15 is 0 Å². The van der Waals surface area contributed by atoms with Crippen LogP contribution in [0.1, 0.15) is 37.7 Å². The SMILES string of the molecule is C=C[C@H](Cc1ccc(-c2nc(C(C)(C)C)c(C)[nH]2)cc1)NC. The summed E-state index contributed by atoms with van der Waals surface area (Å²) >= 11 is 0. The Kier molecular flexibility index (Phi) is 4.87. The van der Waals surface area contributed by atoms with Crippen LogP contribution < -0.4 is 5.32 Å². The lowest BCUT2D eigenvalue weighted by Crippen LogP contribution is -2.24. The highest BCUT2D eigenvalue weighted by Crippen LogP contribution is 2.27. The van der Waals surface area contributed by atoms with Crippen LogP contribution in [0.15, 0.2) is 36.9 Å². The van der Waals surface area contributed by atoms with E-state index in [1.165, 1.54) is 5.56 Å². The number of H-pyrrole nitrogens is 1. The number of nitrogens with zero attached hydrogens (tertiary/aromatic N) is 1. The van der Waals surface area contributed by atoms with Gasteiger partial charge in [-0.1, -0.05) is 51.1 Å². The van der Waals surface area contributed by atoms with E-state index in [9.17, 15) is 0 Å². The Hall–Kier alpha value is -1.87. The predicted molar refractivity (Wildman–Crippen MR) is 94.2 cm³/mol. The summed E-state index contributed by atoms with van der Waals surface area (Å²) in [5.74, 6) is 0.947. The van der Waals surface area contributed by atoms with Crippen molar-refractivity contribution in [1.29, 1.82) is 0 Å². The number of hydrogen-bond acceptors (Lipinski definition) is 2. The van der Waals surface area contributed by atoms with Gasteiger partial charge in [-0.2, -0.15) is 0 Å². The first kappa shape index (κ1) is 16.5. The third-order valence-electron chi connectivity index (χ3n) is 3.93. The smallest absolute Gasteiger partial charge is 0.137 e. The minimum atomic E-state index is 0.0583. The summed E-state index contributed by atoms with van der Waals surface area (Å²) in [5, 5.41) is 3.24. The predicted octanol–water partition coefficient (Wildman–Crippen LogP) is 4.00. The second-order valence-electron chi connectivity index (χ2n) is 6.84. The van der Waals surface area contributed by atoms with E-state index in [0.717, 1.165) is 29.2 Å². The zero-order chi connectivity index (χ0) is 16.3. The summed E-state index contributed by atoms with van der Waals surface area (Å²) in [5.41, 5.74) is 4.76. The van der Waals surface area contributed by atoms with E-state index in [4.69, 9.17) is 4.98 Å². The minimum absolute atomic E-state index is 0.0583.